The van der Waals surface area contributed by atoms with E-state index < -0.39 is 86.8 Å². The van der Waals surface area contributed by atoms with Crippen LogP contribution in [-0.2, 0) is 23.7 Å². The van der Waals surface area contributed by atoms with Gasteiger partial charge in [0, 0.05) is 6.42 Å². The van der Waals surface area contributed by atoms with Gasteiger partial charge in [0.1, 0.15) is 48.8 Å². The summed E-state index contributed by atoms with van der Waals surface area (Å²) in [7, 11) is 0. The number of rotatable bonds is 60. The number of hydrogen-bond donors (Lipinski definition) is 9. The highest BCUT2D eigenvalue weighted by molar-refractivity contribution is 5.76. The first-order chi connectivity index (χ1) is 45.1. The predicted molar refractivity (Wildman–Crippen MR) is 378 cm³/mol. The first-order valence-electron chi connectivity index (χ1n) is 37.1. The molecule has 0 aromatic carbocycles. The van der Waals surface area contributed by atoms with Gasteiger partial charge in [-0.05, 0) is 83.5 Å². The van der Waals surface area contributed by atoms with Crippen molar-refractivity contribution in [3.05, 3.63) is 109 Å². The molecule has 0 bridgehead atoms. The van der Waals surface area contributed by atoms with Crippen molar-refractivity contribution in [1.82, 2.24) is 5.32 Å². The number of amides is 1. The van der Waals surface area contributed by atoms with Gasteiger partial charge in [-0.3, -0.25) is 4.79 Å². The summed E-state index contributed by atoms with van der Waals surface area (Å²) >= 11 is 0. The number of allylic oxidation sites excluding steroid dienone is 18. The van der Waals surface area contributed by atoms with Crippen LogP contribution >= 0.6 is 0 Å². The van der Waals surface area contributed by atoms with Crippen LogP contribution in [0.5, 0.6) is 0 Å². The molecule has 92 heavy (non-hydrogen) atoms. The zero-order valence-corrected chi connectivity index (χ0v) is 57.8. The fourth-order valence-corrected chi connectivity index (χ4v) is 11.6. The Bertz CT molecular complexity index is 1960. The molecule has 0 radical (unpaired) electrons. The summed E-state index contributed by atoms with van der Waals surface area (Å²) in [5.41, 5.74) is 0. The van der Waals surface area contributed by atoms with Crippen molar-refractivity contribution in [2.24, 2.45) is 0 Å². The van der Waals surface area contributed by atoms with E-state index in [1.54, 1.807) is 0 Å². The number of nitrogens with one attached hydrogen (secondary N) is 1. The van der Waals surface area contributed by atoms with Crippen LogP contribution in [0.2, 0.25) is 0 Å². The first-order valence-corrected chi connectivity index (χ1v) is 37.1. The number of aliphatic hydroxyl groups excluding tert-OH is 8. The Kier molecular flexibility index (Phi) is 56.4. The van der Waals surface area contributed by atoms with Crippen LogP contribution < -0.4 is 5.32 Å². The van der Waals surface area contributed by atoms with Gasteiger partial charge in [0.15, 0.2) is 12.6 Å². The van der Waals surface area contributed by atoms with Crippen LogP contribution in [0, 0.1) is 0 Å². The SMILES string of the molecule is CC/C=C\C/C=C\C/C=C\C/C=C\C/C=C\C/C=C\C/C=C\C/C=C\C/C=C\CCCCCCCCCCCC(=O)NC(COC1OC(CO)C(OC2OC(CO)C(O)C(O)C2O)C(O)C1O)C(O)CCCCCCCCCCCCCCCCCCCCCCC. The normalized spacial score (nSPS) is 23.3. The van der Waals surface area contributed by atoms with E-state index in [4.69, 9.17) is 18.9 Å². The quantitative estimate of drug-likeness (QED) is 0.0204. The Morgan fingerprint density at radius 3 is 1.15 bits per heavy atom. The molecule has 12 unspecified atom stereocenters. The van der Waals surface area contributed by atoms with Gasteiger partial charge in [-0.2, -0.15) is 0 Å². The maximum Gasteiger partial charge on any atom is 0.220 e. The molecular formula is C78H135NO13. The second-order valence-corrected chi connectivity index (χ2v) is 25.7. The van der Waals surface area contributed by atoms with Gasteiger partial charge in [0.25, 0.3) is 0 Å². The minimum Gasteiger partial charge on any atom is -0.394 e. The third-order valence-corrected chi connectivity index (χ3v) is 17.5. The van der Waals surface area contributed by atoms with Crippen molar-refractivity contribution >= 4 is 5.91 Å². The lowest BCUT2D eigenvalue weighted by molar-refractivity contribution is -0.359. The maximum absolute atomic E-state index is 13.4. The Labute approximate surface area is 559 Å². The third kappa shape index (κ3) is 44.4. The molecule has 1 amide bonds. The minimum atomic E-state index is -1.79. The smallest absolute Gasteiger partial charge is 0.220 e. The second-order valence-electron chi connectivity index (χ2n) is 25.7. The number of unbranched alkanes of at least 4 members (excludes halogenated alkanes) is 29. The van der Waals surface area contributed by atoms with E-state index in [1.807, 2.05) is 0 Å². The Hall–Kier alpha value is -3.35. The molecule has 14 nitrogen and oxygen atoms in total. The number of aliphatic hydroxyl groups is 8. The zero-order chi connectivity index (χ0) is 66.6. The molecule has 2 rings (SSSR count). The molecule has 2 saturated heterocycles. The summed E-state index contributed by atoms with van der Waals surface area (Å²) in [5.74, 6) is -0.214. The lowest BCUT2D eigenvalue weighted by Crippen LogP contribution is -2.65. The van der Waals surface area contributed by atoms with Crippen molar-refractivity contribution in [2.75, 3.05) is 19.8 Å². The van der Waals surface area contributed by atoms with Gasteiger partial charge in [-0.25, -0.2) is 0 Å². The molecule has 2 aliphatic rings. The summed E-state index contributed by atoms with van der Waals surface area (Å²) in [5, 5.41) is 87.7. The highest BCUT2D eigenvalue weighted by Gasteiger charge is 2.51. The van der Waals surface area contributed by atoms with E-state index in [1.165, 1.54) is 141 Å². The Morgan fingerprint density at radius 1 is 0.402 bits per heavy atom. The fourth-order valence-electron chi connectivity index (χ4n) is 11.6. The van der Waals surface area contributed by atoms with E-state index in [0.717, 1.165) is 109 Å². The molecule has 14 heteroatoms. The topological polar surface area (TPSA) is 228 Å². The Balaban J connectivity index is 1.64. The fraction of sp³-hybridized carbons (Fsp3) is 0.756. The van der Waals surface area contributed by atoms with E-state index in [2.05, 4.69) is 129 Å². The Morgan fingerprint density at radius 2 is 0.750 bits per heavy atom. The average Bonchev–Trinajstić information content (AvgIpc) is 0.915. The monoisotopic (exact) mass is 1290 g/mol. The summed E-state index contributed by atoms with van der Waals surface area (Å²) in [6.07, 6.45) is 71.0. The molecule has 530 valence electrons. The van der Waals surface area contributed by atoms with Crippen molar-refractivity contribution in [3.8, 4) is 0 Å². The van der Waals surface area contributed by atoms with E-state index in [-0.39, 0.29) is 12.5 Å². The van der Waals surface area contributed by atoms with E-state index in [0.29, 0.717) is 19.3 Å². The highest BCUT2D eigenvalue weighted by atomic mass is 16.7. The number of ether oxygens (including phenoxy) is 4. The zero-order valence-electron chi connectivity index (χ0n) is 57.8. The third-order valence-electron chi connectivity index (χ3n) is 17.5. The molecule has 2 fully saturated rings. The van der Waals surface area contributed by atoms with Crippen LogP contribution in [0.25, 0.3) is 0 Å². The largest absolute Gasteiger partial charge is 0.394 e. The van der Waals surface area contributed by atoms with Gasteiger partial charge in [0.2, 0.25) is 5.91 Å². The lowest BCUT2D eigenvalue weighted by atomic mass is 9.97. The average molecular weight is 1290 g/mol. The van der Waals surface area contributed by atoms with Gasteiger partial charge in [-0.15, -0.1) is 0 Å². The van der Waals surface area contributed by atoms with Crippen LogP contribution in [-0.4, -0.2) is 140 Å². The summed E-state index contributed by atoms with van der Waals surface area (Å²) in [6.45, 7) is 2.77. The number of carbonyl (C=O) groups is 1. The van der Waals surface area contributed by atoms with Gasteiger partial charge < -0.3 is 65.1 Å². The molecular weight excluding hydrogens is 1160 g/mol. The minimum absolute atomic E-state index is 0.214. The molecule has 2 aliphatic heterocycles. The van der Waals surface area contributed by atoms with Crippen molar-refractivity contribution in [2.45, 2.75) is 357 Å². The standard InChI is InChI=1S/C78H135NO13/c1-3-5-7-9-11-13-15-17-19-21-23-25-26-27-28-29-30-31-32-33-34-35-36-37-38-39-40-42-44-46-48-50-52-54-56-58-60-62-70(83)79-66(67(82)61-59-57-55-53-51-49-47-45-43-41-24-22-20-18-16-14-12-10-8-6-4-2)65-89-77-75(88)73(86)76(69(64-81)91-77)92-78-74(87)72(85)71(84)68(63-80)90-78/h5,7,11,13,17,19,23,25,27-28,30-31,33-34,36-37,39-40,66-69,71-78,80-82,84-88H,3-4,6,8-10,12,14-16,18,20-22,24,26,29,32,35,38,41-65H2,1-2H3,(H,79,83)/b7-5-,13-11-,19-17-,25-23-,28-27-,31-30-,34-33-,37-36-,40-39-. The summed E-state index contributed by atoms with van der Waals surface area (Å²) in [4.78, 5) is 13.4. The second kappa shape index (κ2) is 61.3. The molecule has 0 saturated carbocycles. The van der Waals surface area contributed by atoms with Crippen LogP contribution in [0.4, 0.5) is 0 Å². The van der Waals surface area contributed by atoms with Crippen molar-refractivity contribution < 1.29 is 64.6 Å². The van der Waals surface area contributed by atoms with E-state index in [9.17, 15) is 45.6 Å². The van der Waals surface area contributed by atoms with Gasteiger partial charge in [-0.1, -0.05) is 303 Å². The molecule has 12 atom stereocenters. The van der Waals surface area contributed by atoms with E-state index >= 15 is 0 Å². The summed E-state index contributed by atoms with van der Waals surface area (Å²) in [6, 6.07) is -0.841. The molecule has 9 N–H and O–H groups in total. The van der Waals surface area contributed by atoms with Gasteiger partial charge in [0.05, 0.1) is 32.0 Å². The molecule has 0 spiro atoms. The summed E-state index contributed by atoms with van der Waals surface area (Å²) < 4.78 is 22.9. The lowest BCUT2D eigenvalue weighted by Gasteiger charge is -2.46. The van der Waals surface area contributed by atoms with Crippen molar-refractivity contribution in [3.63, 3.8) is 0 Å². The number of hydrogen-bond acceptors (Lipinski definition) is 13. The van der Waals surface area contributed by atoms with Crippen molar-refractivity contribution in [1.29, 1.82) is 0 Å². The van der Waals surface area contributed by atoms with Gasteiger partial charge >= 0.3 is 0 Å². The highest BCUT2D eigenvalue weighted by Crippen LogP contribution is 2.30. The molecule has 0 aromatic heterocycles. The molecule has 0 aliphatic carbocycles. The first kappa shape index (κ1) is 84.7. The predicted octanol–water partition coefficient (Wildman–Crippen LogP) is 15.9. The molecule has 0 aromatic rings. The van der Waals surface area contributed by atoms with Crippen LogP contribution in [0.3, 0.4) is 0 Å². The maximum atomic E-state index is 13.4. The van der Waals surface area contributed by atoms with Crippen LogP contribution in [0.15, 0.2) is 109 Å². The van der Waals surface area contributed by atoms with Crippen LogP contribution in [0.1, 0.15) is 284 Å². The molecule has 2 heterocycles. The number of carbonyl (C=O) groups excluding carboxylic acids is 1.